The van der Waals surface area contributed by atoms with E-state index in [9.17, 15) is 35.9 Å². The molecule has 0 N–H and O–H groups in total. The molecule has 1 aromatic heterocycles. The number of aromatic nitrogens is 1. The molecule has 5 nitrogen and oxygen atoms in total. The molecule has 0 bridgehead atoms. The van der Waals surface area contributed by atoms with E-state index in [0.717, 1.165) is 16.5 Å². The number of halogens is 6. The molecule has 1 fully saturated rings. The third kappa shape index (κ3) is 5.05. The van der Waals surface area contributed by atoms with Crippen LogP contribution in [0.4, 0.5) is 26.3 Å². The number of piperazine rings is 1. The van der Waals surface area contributed by atoms with Gasteiger partial charge in [-0.15, -0.1) is 0 Å². The number of alkyl halides is 6. The summed E-state index contributed by atoms with van der Waals surface area (Å²) in [5, 5.41) is 0.908. The normalized spacial score (nSPS) is 17.1. The van der Waals surface area contributed by atoms with Gasteiger partial charge in [0.2, 0.25) is 5.91 Å². The zero-order valence-corrected chi connectivity index (χ0v) is 19.5. The lowest BCUT2D eigenvalue weighted by molar-refractivity contribution is -0.143. The second-order valence-electron chi connectivity index (χ2n) is 8.90. The van der Waals surface area contributed by atoms with Crippen LogP contribution in [0, 0.1) is 0 Å². The third-order valence-electron chi connectivity index (χ3n) is 6.46. The van der Waals surface area contributed by atoms with Crippen LogP contribution in [0.25, 0.3) is 10.9 Å². The van der Waals surface area contributed by atoms with Gasteiger partial charge in [0.1, 0.15) is 0 Å². The highest BCUT2D eigenvalue weighted by Crippen LogP contribution is 2.37. The van der Waals surface area contributed by atoms with E-state index < -0.39 is 41.0 Å². The number of nitrogens with zero attached hydrogens (tertiary/aromatic N) is 3. The molecule has 192 valence electrons. The molecule has 3 aromatic rings. The van der Waals surface area contributed by atoms with E-state index in [4.69, 9.17) is 0 Å². The molecule has 4 rings (SSSR count). The minimum Gasteiger partial charge on any atom is -0.350 e. The maximum atomic E-state index is 13.4. The lowest BCUT2D eigenvalue weighted by atomic mass is 9.98. The van der Waals surface area contributed by atoms with E-state index in [-0.39, 0.29) is 38.0 Å². The minimum absolute atomic E-state index is 0.00193. The van der Waals surface area contributed by atoms with Gasteiger partial charge in [0.05, 0.1) is 17.2 Å². The average molecular weight is 511 g/mol. The Balaban J connectivity index is 1.74. The Labute approximate surface area is 202 Å². The standard InChI is InChI=1S/C25H23F6N3O2/c1-15(35)33-7-8-34(20(14-33)11-17-13-32(2)22-6-4-3-5-21(17)22)23(36)16-9-18(24(26,27)28)12-19(10-16)25(29,30)31/h3-6,9-10,12-13,20H,7-8,11,14H2,1-2H3/t20-/m1/s1. The van der Waals surface area contributed by atoms with E-state index in [1.165, 1.54) is 16.7 Å². The fourth-order valence-corrected chi connectivity index (χ4v) is 4.67. The molecule has 2 aromatic carbocycles. The first-order chi connectivity index (χ1) is 16.8. The molecule has 0 spiro atoms. The van der Waals surface area contributed by atoms with Crippen molar-refractivity contribution in [2.45, 2.75) is 31.7 Å². The number of hydrogen-bond donors (Lipinski definition) is 0. The third-order valence-corrected chi connectivity index (χ3v) is 6.46. The van der Waals surface area contributed by atoms with Gasteiger partial charge in [0.15, 0.2) is 0 Å². The maximum Gasteiger partial charge on any atom is 0.416 e. The summed E-state index contributed by atoms with van der Waals surface area (Å²) in [7, 11) is 1.85. The summed E-state index contributed by atoms with van der Waals surface area (Å²) in [5.74, 6) is -1.18. The Morgan fingerprint density at radius 2 is 1.56 bits per heavy atom. The molecule has 36 heavy (non-hydrogen) atoms. The van der Waals surface area contributed by atoms with Crippen molar-refractivity contribution in [3.63, 3.8) is 0 Å². The second kappa shape index (κ2) is 9.18. The highest BCUT2D eigenvalue weighted by atomic mass is 19.4. The van der Waals surface area contributed by atoms with Crippen molar-refractivity contribution in [2.75, 3.05) is 19.6 Å². The maximum absolute atomic E-state index is 13.4. The molecule has 0 radical (unpaired) electrons. The number of amides is 2. The molecule has 2 amide bonds. The Kier molecular flexibility index (Phi) is 6.52. The molecule has 1 aliphatic rings. The molecule has 0 unspecified atom stereocenters. The van der Waals surface area contributed by atoms with Crippen molar-refractivity contribution in [1.29, 1.82) is 0 Å². The number of aryl methyl sites for hydroxylation is 1. The van der Waals surface area contributed by atoms with Gasteiger partial charge in [-0.1, -0.05) is 18.2 Å². The number of carbonyl (C=O) groups is 2. The molecule has 0 aliphatic carbocycles. The first kappa shape index (κ1) is 25.6. The summed E-state index contributed by atoms with van der Waals surface area (Å²) < 4.78 is 82.0. The van der Waals surface area contributed by atoms with Crippen molar-refractivity contribution in [3.05, 3.63) is 70.9 Å². The highest BCUT2D eigenvalue weighted by Gasteiger charge is 2.39. The van der Waals surface area contributed by atoms with Crippen LogP contribution in [-0.2, 0) is 30.6 Å². The SMILES string of the molecule is CC(=O)N1CCN(C(=O)c2cc(C(F)(F)F)cc(C(F)(F)F)c2)[C@H](Cc2cn(C)c3ccccc23)C1. The predicted octanol–water partition coefficient (Wildman–Crippen LogP) is 5.13. The zero-order chi connectivity index (χ0) is 26.4. The number of rotatable bonds is 3. The zero-order valence-electron chi connectivity index (χ0n) is 19.5. The van der Waals surface area contributed by atoms with Crippen LogP contribution in [-0.4, -0.2) is 51.9 Å². The van der Waals surface area contributed by atoms with Crippen molar-refractivity contribution in [3.8, 4) is 0 Å². The van der Waals surface area contributed by atoms with Gasteiger partial charge in [-0.05, 0) is 36.2 Å². The fourth-order valence-electron chi connectivity index (χ4n) is 4.67. The molecular formula is C25H23F6N3O2. The number of fused-ring (bicyclic) bond motifs is 1. The smallest absolute Gasteiger partial charge is 0.350 e. The summed E-state index contributed by atoms with van der Waals surface area (Å²) in [6.45, 7) is 1.58. The lowest BCUT2D eigenvalue weighted by Gasteiger charge is -2.41. The van der Waals surface area contributed by atoms with Crippen LogP contribution < -0.4 is 0 Å². The van der Waals surface area contributed by atoms with E-state index in [1.807, 2.05) is 42.1 Å². The molecule has 1 aliphatic heterocycles. The summed E-state index contributed by atoms with van der Waals surface area (Å²) in [4.78, 5) is 28.2. The van der Waals surface area contributed by atoms with Gasteiger partial charge in [-0.3, -0.25) is 9.59 Å². The van der Waals surface area contributed by atoms with E-state index >= 15 is 0 Å². The van der Waals surface area contributed by atoms with Gasteiger partial charge < -0.3 is 14.4 Å². The average Bonchev–Trinajstić information content (AvgIpc) is 3.12. The Morgan fingerprint density at radius 1 is 0.944 bits per heavy atom. The van der Waals surface area contributed by atoms with Crippen molar-refractivity contribution in [1.82, 2.24) is 14.4 Å². The van der Waals surface area contributed by atoms with Crippen LogP contribution in [0.1, 0.15) is 34.0 Å². The van der Waals surface area contributed by atoms with Crippen LogP contribution in [0.5, 0.6) is 0 Å². The topological polar surface area (TPSA) is 45.6 Å². The van der Waals surface area contributed by atoms with Crippen LogP contribution in [0.2, 0.25) is 0 Å². The number of para-hydroxylation sites is 1. The minimum atomic E-state index is -5.06. The lowest BCUT2D eigenvalue weighted by Crippen LogP contribution is -2.57. The number of carbonyl (C=O) groups excluding carboxylic acids is 2. The molecule has 2 heterocycles. The second-order valence-corrected chi connectivity index (χ2v) is 8.90. The van der Waals surface area contributed by atoms with Gasteiger partial charge >= 0.3 is 12.4 Å². The molecule has 0 saturated carbocycles. The predicted molar refractivity (Wildman–Crippen MR) is 120 cm³/mol. The largest absolute Gasteiger partial charge is 0.416 e. The van der Waals surface area contributed by atoms with Crippen molar-refractivity contribution >= 4 is 22.7 Å². The summed E-state index contributed by atoms with van der Waals surface area (Å²) in [6, 6.07) is 7.76. The fraction of sp³-hybridized carbons (Fsp3) is 0.360. The first-order valence-electron chi connectivity index (χ1n) is 11.1. The molecule has 1 atom stereocenters. The molecule has 11 heteroatoms. The van der Waals surface area contributed by atoms with E-state index in [2.05, 4.69) is 0 Å². The molecular weight excluding hydrogens is 488 g/mol. The Morgan fingerprint density at radius 3 is 2.14 bits per heavy atom. The van der Waals surface area contributed by atoms with Gasteiger partial charge in [0.25, 0.3) is 5.91 Å². The molecule has 1 saturated heterocycles. The monoisotopic (exact) mass is 511 g/mol. The number of hydrogen-bond acceptors (Lipinski definition) is 2. The summed E-state index contributed by atoms with van der Waals surface area (Å²) in [5.41, 5.74) is -2.02. The Hall–Kier alpha value is -3.50. The van der Waals surface area contributed by atoms with E-state index in [0.29, 0.717) is 12.1 Å². The summed E-state index contributed by atoms with van der Waals surface area (Å²) >= 11 is 0. The quantitative estimate of drug-likeness (QED) is 0.458. The summed E-state index contributed by atoms with van der Waals surface area (Å²) in [6.07, 6.45) is -7.99. The number of benzene rings is 2. The van der Waals surface area contributed by atoms with Gasteiger partial charge in [-0.25, -0.2) is 0 Å². The van der Waals surface area contributed by atoms with Crippen LogP contribution >= 0.6 is 0 Å². The first-order valence-corrected chi connectivity index (χ1v) is 11.1. The van der Waals surface area contributed by atoms with E-state index in [1.54, 1.807) is 0 Å². The van der Waals surface area contributed by atoms with Gasteiger partial charge in [-0.2, -0.15) is 26.3 Å². The van der Waals surface area contributed by atoms with Crippen LogP contribution in [0.3, 0.4) is 0 Å². The van der Waals surface area contributed by atoms with Crippen LogP contribution in [0.15, 0.2) is 48.7 Å². The van der Waals surface area contributed by atoms with Gasteiger partial charge in [0, 0.05) is 56.3 Å². The van der Waals surface area contributed by atoms with Crippen molar-refractivity contribution in [2.24, 2.45) is 7.05 Å². The van der Waals surface area contributed by atoms with Crippen molar-refractivity contribution < 1.29 is 35.9 Å². The Bertz CT molecular complexity index is 1280. The highest BCUT2D eigenvalue weighted by molar-refractivity contribution is 5.95.